The van der Waals surface area contributed by atoms with Crippen LogP contribution in [0.2, 0.25) is 0 Å². The fourth-order valence-electron chi connectivity index (χ4n) is 2.71. The van der Waals surface area contributed by atoms with Crippen molar-refractivity contribution >= 4 is 0 Å². The second-order valence-electron chi connectivity index (χ2n) is 5.07. The highest BCUT2D eigenvalue weighted by atomic mass is 15.0. The van der Waals surface area contributed by atoms with E-state index in [4.69, 9.17) is 5.73 Å². The average Bonchev–Trinajstić information content (AvgIpc) is 2.20. The zero-order valence-electron chi connectivity index (χ0n) is 9.97. The molecule has 0 aromatic heterocycles. The Morgan fingerprint density at radius 2 is 2.07 bits per heavy atom. The van der Waals surface area contributed by atoms with Crippen molar-refractivity contribution in [2.45, 2.75) is 52.0 Å². The van der Waals surface area contributed by atoms with Crippen molar-refractivity contribution < 1.29 is 0 Å². The van der Waals surface area contributed by atoms with Gasteiger partial charge in [0.2, 0.25) is 0 Å². The van der Waals surface area contributed by atoms with Gasteiger partial charge in [0.15, 0.2) is 0 Å². The number of nitrogens with two attached hydrogens (primary N) is 1. The van der Waals surface area contributed by atoms with Crippen LogP contribution in [0, 0.1) is 11.8 Å². The maximum Gasteiger partial charge on any atom is 0.0332 e. The summed E-state index contributed by atoms with van der Waals surface area (Å²) >= 11 is 0. The fraction of sp³-hybridized carbons (Fsp3) is 1.00. The molecule has 14 heavy (non-hydrogen) atoms. The lowest BCUT2D eigenvalue weighted by atomic mass is 9.69. The molecule has 0 bridgehead atoms. The standard InChI is InChI=1S/C12H26N2/c1-4-7-14-12(9-13)8-10(2)5-6-11(12)3/h10-11,14H,4-9,13H2,1-3H3. The topological polar surface area (TPSA) is 38.0 Å². The van der Waals surface area contributed by atoms with Crippen molar-refractivity contribution in [3.63, 3.8) is 0 Å². The van der Waals surface area contributed by atoms with E-state index < -0.39 is 0 Å². The van der Waals surface area contributed by atoms with Crippen molar-refractivity contribution in [2.75, 3.05) is 13.1 Å². The minimum atomic E-state index is 0.230. The Hall–Kier alpha value is -0.0800. The van der Waals surface area contributed by atoms with Gasteiger partial charge in [-0.05, 0) is 37.6 Å². The number of hydrogen-bond acceptors (Lipinski definition) is 2. The van der Waals surface area contributed by atoms with E-state index in [0.717, 1.165) is 24.9 Å². The molecule has 0 aromatic carbocycles. The number of hydrogen-bond donors (Lipinski definition) is 2. The van der Waals surface area contributed by atoms with Gasteiger partial charge in [0.25, 0.3) is 0 Å². The second kappa shape index (κ2) is 5.13. The van der Waals surface area contributed by atoms with E-state index in [-0.39, 0.29) is 5.54 Å². The molecular weight excluding hydrogens is 172 g/mol. The summed E-state index contributed by atoms with van der Waals surface area (Å²) in [5.41, 5.74) is 6.20. The number of nitrogens with one attached hydrogen (secondary N) is 1. The van der Waals surface area contributed by atoms with Crippen LogP contribution in [-0.2, 0) is 0 Å². The van der Waals surface area contributed by atoms with Gasteiger partial charge in [-0.2, -0.15) is 0 Å². The molecule has 1 rings (SSSR count). The summed E-state index contributed by atoms with van der Waals surface area (Å²) in [6.07, 6.45) is 5.15. The summed E-state index contributed by atoms with van der Waals surface area (Å²) < 4.78 is 0. The SMILES string of the molecule is CCCNC1(CN)CC(C)CCC1C. The van der Waals surface area contributed by atoms with Crippen molar-refractivity contribution in [1.29, 1.82) is 0 Å². The van der Waals surface area contributed by atoms with Crippen LogP contribution in [0.4, 0.5) is 0 Å². The van der Waals surface area contributed by atoms with E-state index in [1.54, 1.807) is 0 Å². The average molecular weight is 198 g/mol. The third-order valence-electron chi connectivity index (χ3n) is 3.84. The Balaban J connectivity index is 2.62. The smallest absolute Gasteiger partial charge is 0.0332 e. The maximum atomic E-state index is 5.97. The second-order valence-corrected chi connectivity index (χ2v) is 5.07. The van der Waals surface area contributed by atoms with Crippen molar-refractivity contribution in [3.8, 4) is 0 Å². The molecule has 3 N–H and O–H groups in total. The van der Waals surface area contributed by atoms with Crippen molar-refractivity contribution in [3.05, 3.63) is 0 Å². The minimum Gasteiger partial charge on any atom is -0.329 e. The van der Waals surface area contributed by atoms with Crippen molar-refractivity contribution in [2.24, 2.45) is 17.6 Å². The van der Waals surface area contributed by atoms with Gasteiger partial charge < -0.3 is 11.1 Å². The van der Waals surface area contributed by atoms with E-state index in [1.165, 1.54) is 25.7 Å². The lowest BCUT2D eigenvalue weighted by Gasteiger charge is -2.45. The van der Waals surface area contributed by atoms with E-state index in [1.807, 2.05) is 0 Å². The Morgan fingerprint density at radius 3 is 2.64 bits per heavy atom. The Labute approximate surface area is 88.6 Å². The molecule has 0 aliphatic heterocycles. The predicted molar refractivity (Wildman–Crippen MR) is 62.3 cm³/mol. The quantitative estimate of drug-likeness (QED) is 0.726. The van der Waals surface area contributed by atoms with Gasteiger partial charge >= 0.3 is 0 Å². The molecule has 0 spiro atoms. The van der Waals surface area contributed by atoms with Crippen LogP contribution in [0.3, 0.4) is 0 Å². The summed E-state index contributed by atoms with van der Waals surface area (Å²) in [6.45, 7) is 8.81. The zero-order valence-corrected chi connectivity index (χ0v) is 9.97. The Morgan fingerprint density at radius 1 is 1.36 bits per heavy atom. The molecule has 1 aliphatic rings. The first-order chi connectivity index (χ1) is 6.64. The maximum absolute atomic E-state index is 5.97. The molecule has 3 atom stereocenters. The van der Waals surface area contributed by atoms with Gasteiger partial charge in [-0.3, -0.25) is 0 Å². The van der Waals surface area contributed by atoms with Gasteiger partial charge in [0.05, 0.1) is 0 Å². The lowest BCUT2D eigenvalue weighted by molar-refractivity contribution is 0.127. The summed E-state index contributed by atoms with van der Waals surface area (Å²) in [5.74, 6) is 1.56. The first kappa shape index (κ1) is 12.0. The van der Waals surface area contributed by atoms with Gasteiger partial charge in [-0.25, -0.2) is 0 Å². The fourth-order valence-corrected chi connectivity index (χ4v) is 2.71. The first-order valence-electron chi connectivity index (χ1n) is 6.09. The van der Waals surface area contributed by atoms with E-state index in [2.05, 4.69) is 26.1 Å². The van der Waals surface area contributed by atoms with Gasteiger partial charge in [-0.1, -0.05) is 27.2 Å². The minimum absolute atomic E-state index is 0.230. The van der Waals surface area contributed by atoms with Crippen LogP contribution in [0.15, 0.2) is 0 Å². The summed E-state index contributed by atoms with van der Waals surface area (Å²) in [7, 11) is 0. The molecule has 3 unspecified atom stereocenters. The monoisotopic (exact) mass is 198 g/mol. The van der Waals surface area contributed by atoms with Crippen LogP contribution in [-0.4, -0.2) is 18.6 Å². The molecule has 1 aliphatic carbocycles. The highest BCUT2D eigenvalue weighted by molar-refractivity contribution is 4.97. The van der Waals surface area contributed by atoms with Gasteiger partial charge in [-0.15, -0.1) is 0 Å². The van der Waals surface area contributed by atoms with Crippen LogP contribution in [0.5, 0.6) is 0 Å². The molecule has 1 fully saturated rings. The van der Waals surface area contributed by atoms with Crippen LogP contribution in [0.25, 0.3) is 0 Å². The first-order valence-corrected chi connectivity index (χ1v) is 6.09. The van der Waals surface area contributed by atoms with E-state index in [0.29, 0.717) is 0 Å². The highest BCUT2D eigenvalue weighted by Gasteiger charge is 2.38. The van der Waals surface area contributed by atoms with Crippen LogP contribution >= 0.6 is 0 Å². The summed E-state index contributed by atoms with van der Waals surface area (Å²) in [5, 5.41) is 3.69. The third-order valence-corrected chi connectivity index (χ3v) is 3.84. The Kier molecular flexibility index (Phi) is 4.39. The van der Waals surface area contributed by atoms with Crippen LogP contribution < -0.4 is 11.1 Å². The molecule has 0 radical (unpaired) electrons. The zero-order chi connectivity index (χ0) is 10.6. The van der Waals surface area contributed by atoms with Crippen LogP contribution in [0.1, 0.15) is 46.5 Å². The van der Waals surface area contributed by atoms with Gasteiger partial charge in [0.1, 0.15) is 0 Å². The summed E-state index contributed by atoms with van der Waals surface area (Å²) in [6, 6.07) is 0. The molecule has 2 nitrogen and oxygen atoms in total. The Bertz CT molecular complexity index is 170. The third kappa shape index (κ3) is 2.48. The molecule has 0 amide bonds. The normalized spacial score (nSPS) is 38.6. The molecule has 2 heteroatoms. The summed E-state index contributed by atoms with van der Waals surface area (Å²) in [4.78, 5) is 0. The molecule has 1 saturated carbocycles. The van der Waals surface area contributed by atoms with E-state index >= 15 is 0 Å². The molecule has 0 heterocycles. The highest BCUT2D eigenvalue weighted by Crippen LogP contribution is 2.36. The molecule has 0 saturated heterocycles. The van der Waals surface area contributed by atoms with Gasteiger partial charge in [0, 0.05) is 12.1 Å². The molecular formula is C12H26N2. The number of rotatable bonds is 4. The van der Waals surface area contributed by atoms with Crippen molar-refractivity contribution in [1.82, 2.24) is 5.32 Å². The largest absolute Gasteiger partial charge is 0.329 e. The molecule has 0 aromatic rings. The molecule has 84 valence electrons. The van der Waals surface area contributed by atoms with E-state index in [9.17, 15) is 0 Å². The lowest BCUT2D eigenvalue weighted by Crippen LogP contribution is -2.58. The predicted octanol–water partition coefficient (Wildman–Crippen LogP) is 2.14.